The molecule has 0 saturated carbocycles. The second-order valence-corrected chi connectivity index (χ2v) is 2.79. The minimum atomic E-state index is -3.79. The third-order valence-electron chi connectivity index (χ3n) is 1.03. The van der Waals surface area contributed by atoms with E-state index in [1.54, 1.807) is 0 Å². The van der Waals surface area contributed by atoms with E-state index in [9.17, 15) is 17.6 Å². The standard InChI is InChI=1S/C4Cl2F4O/c5-3(9)1(7)2(8)11-4(3,6)10. The van der Waals surface area contributed by atoms with Crippen LogP contribution >= 0.6 is 23.2 Å². The van der Waals surface area contributed by atoms with E-state index in [2.05, 4.69) is 27.9 Å². The molecule has 1 aliphatic heterocycles. The predicted octanol–water partition coefficient (Wildman–Crippen LogP) is 2.89. The van der Waals surface area contributed by atoms with E-state index >= 15 is 0 Å². The summed E-state index contributed by atoms with van der Waals surface area (Å²) in [6, 6.07) is -2.08. The zero-order chi connectivity index (χ0) is 8.86. The Morgan fingerprint density at radius 3 is 1.73 bits per heavy atom. The highest BCUT2D eigenvalue weighted by Crippen LogP contribution is 2.52. The van der Waals surface area contributed by atoms with Gasteiger partial charge in [0, 0.05) is 0 Å². The first-order valence-electron chi connectivity index (χ1n) is 2.29. The molecule has 2 unspecified atom stereocenters. The Hall–Kier alpha value is -0.160. The van der Waals surface area contributed by atoms with Crippen LogP contribution in [0.25, 0.3) is 0 Å². The number of alkyl halides is 4. The molecule has 1 aliphatic rings. The van der Waals surface area contributed by atoms with Crippen LogP contribution in [0.15, 0.2) is 11.8 Å². The highest BCUT2D eigenvalue weighted by molar-refractivity contribution is 6.34. The molecule has 0 amide bonds. The van der Waals surface area contributed by atoms with Crippen molar-refractivity contribution >= 4 is 23.2 Å². The second kappa shape index (κ2) is 2.17. The van der Waals surface area contributed by atoms with Crippen LogP contribution in [-0.2, 0) is 4.74 Å². The second-order valence-electron chi connectivity index (χ2n) is 1.78. The number of halogens is 6. The third kappa shape index (κ3) is 1.06. The number of ether oxygens (including phenoxy) is 1. The summed E-state index contributed by atoms with van der Waals surface area (Å²) in [6.07, 6.45) is 0. The minimum Gasteiger partial charge on any atom is -0.414 e. The molecule has 0 saturated heterocycles. The highest BCUT2D eigenvalue weighted by Gasteiger charge is 2.65. The van der Waals surface area contributed by atoms with Gasteiger partial charge in [-0.2, -0.15) is 13.2 Å². The molecule has 0 aromatic carbocycles. The molecule has 0 radical (unpaired) electrons. The first kappa shape index (κ1) is 8.93. The quantitative estimate of drug-likeness (QED) is 0.442. The fourth-order valence-electron chi connectivity index (χ4n) is 0.473. The van der Waals surface area contributed by atoms with Crippen molar-refractivity contribution in [3.05, 3.63) is 11.8 Å². The van der Waals surface area contributed by atoms with Gasteiger partial charge in [0.15, 0.2) is 0 Å². The van der Waals surface area contributed by atoms with Gasteiger partial charge >= 0.3 is 16.5 Å². The summed E-state index contributed by atoms with van der Waals surface area (Å²) < 4.78 is 52.3. The van der Waals surface area contributed by atoms with Gasteiger partial charge in [-0.15, -0.1) is 0 Å². The normalized spacial score (nSPS) is 44.5. The van der Waals surface area contributed by atoms with Crippen molar-refractivity contribution in [1.82, 2.24) is 0 Å². The van der Waals surface area contributed by atoms with Crippen molar-refractivity contribution in [3.63, 3.8) is 0 Å². The molecular formula is C4Cl2F4O. The lowest BCUT2D eigenvalue weighted by molar-refractivity contribution is -0.0862. The largest absolute Gasteiger partial charge is 0.414 e. The molecule has 64 valence electrons. The summed E-state index contributed by atoms with van der Waals surface area (Å²) >= 11 is 9.06. The van der Waals surface area contributed by atoms with Crippen LogP contribution in [0.1, 0.15) is 0 Å². The average Bonchev–Trinajstić information content (AvgIpc) is 1.93. The number of rotatable bonds is 0. The molecule has 2 atom stereocenters. The summed E-state index contributed by atoms with van der Waals surface area (Å²) in [5.74, 6) is -2.20. The number of hydrogen-bond donors (Lipinski definition) is 0. The summed E-state index contributed by atoms with van der Waals surface area (Å²) in [6.45, 7) is 0. The maximum atomic E-state index is 12.5. The van der Waals surface area contributed by atoms with E-state index in [0.29, 0.717) is 0 Å². The fraction of sp³-hybridized carbons (Fsp3) is 0.500. The maximum Gasteiger partial charge on any atom is 0.384 e. The van der Waals surface area contributed by atoms with Gasteiger partial charge in [-0.3, -0.25) is 0 Å². The van der Waals surface area contributed by atoms with Crippen LogP contribution in [-0.4, -0.2) is 10.4 Å². The van der Waals surface area contributed by atoms with Gasteiger partial charge in [-0.05, 0) is 11.6 Å². The summed E-state index contributed by atoms with van der Waals surface area (Å²) in [7, 11) is 0. The van der Waals surface area contributed by atoms with Gasteiger partial charge in [0.2, 0.25) is 5.83 Å². The van der Waals surface area contributed by atoms with E-state index < -0.39 is 22.3 Å². The molecule has 1 heterocycles. The number of hydrogen-bond acceptors (Lipinski definition) is 1. The third-order valence-corrected chi connectivity index (χ3v) is 1.87. The van der Waals surface area contributed by atoms with Crippen LogP contribution in [0.3, 0.4) is 0 Å². The molecular weight excluding hydrogens is 211 g/mol. The average molecular weight is 211 g/mol. The first-order chi connectivity index (χ1) is 4.79. The van der Waals surface area contributed by atoms with Gasteiger partial charge in [0.25, 0.3) is 0 Å². The zero-order valence-corrected chi connectivity index (χ0v) is 6.19. The summed E-state index contributed by atoms with van der Waals surface area (Å²) in [5, 5.41) is -7.51. The molecule has 0 fully saturated rings. The van der Waals surface area contributed by atoms with Gasteiger partial charge in [-0.25, -0.2) is 4.39 Å². The van der Waals surface area contributed by atoms with Crippen molar-refractivity contribution in [1.29, 1.82) is 0 Å². The summed E-state index contributed by atoms with van der Waals surface area (Å²) in [4.78, 5) is 0. The Balaban J connectivity index is 3.08. The fourth-order valence-corrected chi connectivity index (χ4v) is 0.736. The van der Waals surface area contributed by atoms with Gasteiger partial charge < -0.3 is 4.74 Å². The van der Waals surface area contributed by atoms with E-state index in [4.69, 9.17) is 0 Å². The predicted molar refractivity (Wildman–Crippen MR) is 29.7 cm³/mol. The molecule has 0 N–H and O–H groups in total. The van der Waals surface area contributed by atoms with Crippen LogP contribution in [0, 0.1) is 0 Å². The molecule has 0 aromatic heterocycles. The molecule has 0 spiro atoms. The van der Waals surface area contributed by atoms with Crippen molar-refractivity contribution in [3.8, 4) is 0 Å². The van der Waals surface area contributed by atoms with E-state index in [1.165, 1.54) is 0 Å². The Kier molecular flexibility index (Phi) is 1.76. The van der Waals surface area contributed by atoms with Gasteiger partial charge in [0.1, 0.15) is 0 Å². The Morgan fingerprint density at radius 2 is 1.64 bits per heavy atom. The van der Waals surface area contributed by atoms with Crippen LogP contribution in [0.4, 0.5) is 17.6 Å². The Bertz CT molecular complexity index is 224. The van der Waals surface area contributed by atoms with Crippen molar-refractivity contribution in [2.24, 2.45) is 0 Å². The lowest BCUT2D eigenvalue weighted by Crippen LogP contribution is -2.35. The van der Waals surface area contributed by atoms with Gasteiger partial charge in [-0.1, -0.05) is 11.6 Å². The van der Waals surface area contributed by atoms with E-state index in [0.717, 1.165) is 0 Å². The van der Waals surface area contributed by atoms with Crippen LogP contribution in [0.5, 0.6) is 0 Å². The van der Waals surface area contributed by atoms with Crippen LogP contribution in [0.2, 0.25) is 0 Å². The minimum absolute atomic E-state index is 2.08. The maximum absolute atomic E-state index is 12.5. The Morgan fingerprint density at radius 1 is 1.18 bits per heavy atom. The monoisotopic (exact) mass is 210 g/mol. The molecule has 0 aromatic rings. The molecule has 1 rings (SSSR count). The van der Waals surface area contributed by atoms with Crippen molar-refractivity contribution in [2.75, 3.05) is 0 Å². The molecule has 1 nitrogen and oxygen atoms in total. The summed E-state index contributed by atoms with van der Waals surface area (Å²) in [5.41, 5.74) is 0. The highest BCUT2D eigenvalue weighted by atomic mass is 35.5. The molecule has 11 heavy (non-hydrogen) atoms. The topological polar surface area (TPSA) is 9.23 Å². The van der Waals surface area contributed by atoms with Crippen molar-refractivity contribution < 1.29 is 22.3 Å². The molecule has 0 bridgehead atoms. The first-order valence-corrected chi connectivity index (χ1v) is 3.05. The smallest absolute Gasteiger partial charge is 0.384 e. The van der Waals surface area contributed by atoms with E-state index in [1.807, 2.05) is 0 Å². The SMILES string of the molecule is FC1=C(F)C(F)(Cl)C(F)(Cl)O1. The lowest BCUT2D eigenvalue weighted by atomic mass is 10.4. The zero-order valence-electron chi connectivity index (χ0n) is 4.68. The van der Waals surface area contributed by atoms with E-state index in [-0.39, 0.29) is 0 Å². The van der Waals surface area contributed by atoms with Crippen molar-refractivity contribution in [2.45, 2.75) is 10.4 Å². The Labute approximate surface area is 68.5 Å². The molecule has 7 heteroatoms. The molecule has 0 aliphatic carbocycles. The van der Waals surface area contributed by atoms with Gasteiger partial charge in [0.05, 0.1) is 0 Å². The lowest BCUT2D eigenvalue weighted by Gasteiger charge is -2.18. The van der Waals surface area contributed by atoms with Crippen LogP contribution < -0.4 is 0 Å².